The van der Waals surface area contributed by atoms with Crippen molar-refractivity contribution in [2.45, 2.75) is 36.8 Å². The van der Waals surface area contributed by atoms with Crippen LogP contribution in [0.2, 0.25) is 0 Å². The highest BCUT2D eigenvalue weighted by atomic mass is 32.2. The third kappa shape index (κ3) is 3.22. The number of benzene rings is 1. The fraction of sp³-hybridized carbons (Fsp3) is 0.471. The van der Waals surface area contributed by atoms with Crippen LogP contribution in [0.4, 0.5) is 0 Å². The monoisotopic (exact) mass is 318 g/mol. The summed E-state index contributed by atoms with van der Waals surface area (Å²) in [5.74, 6) is 2.47. The standard InChI is InChI=1S/C17H22N2S2/c1-3-15-17(21-9-8-20-15)16(18)13-6-7-14-12(10-13)5-4-11(2)19-14/h4-7,10,15-17H,3,8-9,18H2,1-2H3. The van der Waals surface area contributed by atoms with Gasteiger partial charge in [0.1, 0.15) is 0 Å². The molecule has 0 amide bonds. The smallest absolute Gasteiger partial charge is 0.0705 e. The fourth-order valence-electron chi connectivity index (χ4n) is 2.91. The van der Waals surface area contributed by atoms with Crippen molar-refractivity contribution >= 4 is 34.4 Å². The predicted octanol–water partition coefficient (Wildman–Crippen LogP) is 4.17. The van der Waals surface area contributed by atoms with E-state index in [4.69, 9.17) is 5.73 Å². The molecule has 0 bridgehead atoms. The molecule has 2 aromatic rings. The van der Waals surface area contributed by atoms with Crippen LogP contribution in [0.1, 0.15) is 30.6 Å². The van der Waals surface area contributed by atoms with Gasteiger partial charge in [0.2, 0.25) is 0 Å². The Bertz CT molecular complexity index is 629. The van der Waals surface area contributed by atoms with Gasteiger partial charge in [-0.15, -0.1) is 0 Å². The summed E-state index contributed by atoms with van der Waals surface area (Å²) in [5.41, 5.74) is 9.96. The molecule has 2 heterocycles. The topological polar surface area (TPSA) is 38.9 Å². The largest absolute Gasteiger partial charge is 0.323 e. The Balaban J connectivity index is 1.89. The van der Waals surface area contributed by atoms with Gasteiger partial charge in [-0.25, -0.2) is 0 Å². The lowest BCUT2D eigenvalue weighted by Crippen LogP contribution is -2.35. The molecule has 21 heavy (non-hydrogen) atoms. The summed E-state index contributed by atoms with van der Waals surface area (Å²) in [7, 11) is 0. The van der Waals surface area contributed by atoms with Gasteiger partial charge in [-0.1, -0.05) is 19.1 Å². The zero-order valence-electron chi connectivity index (χ0n) is 12.6. The first-order chi connectivity index (χ1) is 10.2. The van der Waals surface area contributed by atoms with Crippen molar-refractivity contribution in [1.82, 2.24) is 4.98 Å². The van der Waals surface area contributed by atoms with Crippen molar-refractivity contribution in [3.05, 3.63) is 41.6 Å². The number of aryl methyl sites for hydroxylation is 1. The number of nitrogens with two attached hydrogens (primary N) is 1. The minimum Gasteiger partial charge on any atom is -0.323 e. The van der Waals surface area contributed by atoms with Crippen molar-refractivity contribution in [2.24, 2.45) is 5.73 Å². The fourth-order valence-corrected chi connectivity index (χ4v) is 6.10. The maximum Gasteiger partial charge on any atom is 0.0705 e. The first-order valence-corrected chi connectivity index (χ1v) is 9.65. The number of aromatic nitrogens is 1. The predicted molar refractivity (Wildman–Crippen MR) is 96.2 cm³/mol. The van der Waals surface area contributed by atoms with E-state index in [1.165, 1.54) is 28.9 Å². The van der Waals surface area contributed by atoms with Crippen LogP contribution in [0.3, 0.4) is 0 Å². The third-order valence-corrected chi connectivity index (χ3v) is 7.46. The molecule has 1 saturated heterocycles. The highest BCUT2D eigenvalue weighted by molar-refractivity contribution is 8.07. The van der Waals surface area contributed by atoms with Crippen LogP contribution in [-0.4, -0.2) is 27.0 Å². The van der Waals surface area contributed by atoms with E-state index in [-0.39, 0.29) is 6.04 Å². The molecular weight excluding hydrogens is 296 g/mol. The van der Waals surface area contributed by atoms with Gasteiger partial charge in [0, 0.05) is 39.1 Å². The van der Waals surface area contributed by atoms with E-state index in [0.717, 1.165) is 11.2 Å². The molecule has 0 saturated carbocycles. The quantitative estimate of drug-likeness (QED) is 0.922. The van der Waals surface area contributed by atoms with Gasteiger partial charge in [0.25, 0.3) is 0 Å². The van der Waals surface area contributed by atoms with Gasteiger partial charge in [0.05, 0.1) is 5.52 Å². The molecular formula is C17H22N2S2. The summed E-state index contributed by atoms with van der Waals surface area (Å²) < 4.78 is 0. The number of rotatable bonds is 3. The molecule has 112 valence electrons. The molecule has 2 nitrogen and oxygen atoms in total. The number of thioether (sulfide) groups is 2. The van der Waals surface area contributed by atoms with Crippen LogP contribution in [0.5, 0.6) is 0 Å². The zero-order chi connectivity index (χ0) is 14.8. The summed E-state index contributed by atoms with van der Waals surface area (Å²) in [5, 5.41) is 2.38. The van der Waals surface area contributed by atoms with Gasteiger partial charge in [-0.2, -0.15) is 23.5 Å². The average molecular weight is 319 g/mol. The van der Waals surface area contributed by atoms with Gasteiger partial charge in [-0.3, -0.25) is 4.98 Å². The highest BCUT2D eigenvalue weighted by Gasteiger charge is 2.30. The number of nitrogens with zero attached hydrogens (tertiary/aromatic N) is 1. The molecule has 3 unspecified atom stereocenters. The number of fused-ring (bicyclic) bond motifs is 1. The summed E-state index contributed by atoms with van der Waals surface area (Å²) in [6, 6.07) is 10.8. The minimum atomic E-state index is 0.110. The third-order valence-electron chi connectivity index (χ3n) is 4.09. The second-order valence-corrected chi connectivity index (χ2v) is 8.22. The molecule has 1 aromatic carbocycles. The Labute approximate surface area is 135 Å². The van der Waals surface area contributed by atoms with E-state index in [1.807, 2.05) is 18.7 Å². The van der Waals surface area contributed by atoms with Crippen LogP contribution in [-0.2, 0) is 0 Å². The Morgan fingerprint density at radius 1 is 1.24 bits per heavy atom. The zero-order valence-corrected chi connectivity index (χ0v) is 14.2. The van der Waals surface area contributed by atoms with E-state index >= 15 is 0 Å². The van der Waals surface area contributed by atoms with Crippen LogP contribution in [0, 0.1) is 6.92 Å². The van der Waals surface area contributed by atoms with Crippen LogP contribution >= 0.6 is 23.5 Å². The van der Waals surface area contributed by atoms with Gasteiger partial charge in [-0.05, 0) is 37.1 Å². The van der Waals surface area contributed by atoms with E-state index < -0.39 is 0 Å². The van der Waals surface area contributed by atoms with E-state index in [1.54, 1.807) is 0 Å². The van der Waals surface area contributed by atoms with Crippen molar-refractivity contribution < 1.29 is 0 Å². The van der Waals surface area contributed by atoms with Gasteiger partial charge < -0.3 is 5.73 Å². The summed E-state index contributed by atoms with van der Waals surface area (Å²) in [6.07, 6.45) is 1.20. The Morgan fingerprint density at radius 3 is 2.86 bits per heavy atom. The van der Waals surface area contributed by atoms with Crippen molar-refractivity contribution in [3.63, 3.8) is 0 Å². The van der Waals surface area contributed by atoms with E-state index in [9.17, 15) is 0 Å². The summed E-state index contributed by atoms with van der Waals surface area (Å²) >= 11 is 4.13. The van der Waals surface area contributed by atoms with E-state index in [0.29, 0.717) is 10.5 Å². The molecule has 1 aromatic heterocycles. The summed E-state index contributed by atoms with van der Waals surface area (Å²) in [6.45, 7) is 4.30. The Hall–Kier alpha value is -0.710. The first kappa shape index (κ1) is 15.2. The number of hydrogen-bond acceptors (Lipinski definition) is 4. The maximum absolute atomic E-state index is 6.60. The number of pyridine rings is 1. The molecule has 3 rings (SSSR count). The molecule has 0 aliphatic carbocycles. The molecule has 0 spiro atoms. The van der Waals surface area contributed by atoms with Crippen LogP contribution in [0.15, 0.2) is 30.3 Å². The Kier molecular flexibility index (Phi) is 4.77. The van der Waals surface area contributed by atoms with Crippen LogP contribution in [0.25, 0.3) is 10.9 Å². The lowest BCUT2D eigenvalue weighted by atomic mass is 9.99. The SMILES string of the molecule is CCC1SCCSC1C(N)c1ccc2nc(C)ccc2c1. The first-order valence-electron chi connectivity index (χ1n) is 7.55. The van der Waals surface area contributed by atoms with Crippen molar-refractivity contribution in [2.75, 3.05) is 11.5 Å². The molecule has 0 radical (unpaired) electrons. The normalized spacial score (nSPS) is 24.1. The molecule has 1 aliphatic heterocycles. The molecule has 2 N–H and O–H groups in total. The second kappa shape index (κ2) is 6.59. The number of hydrogen-bond donors (Lipinski definition) is 1. The average Bonchev–Trinajstić information content (AvgIpc) is 2.53. The molecule has 1 aliphatic rings. The minimum absolute atomic E-state index is 0.110. The second-order valence-electron chi connectivity index (χ2n) is 5.58. The van der Waals surface area contributed by atoms with Crippen molar-refractivity contribution in [1.29, 1.82) is 0 Å². The highest BCUT2D eigenvalue weighted by Crippen LogP contribution is 2.39. The van der Waals surface area contributed by atoms with Crippen LogP contribution < -0.4 is 5.73 Å². The van der Waals surface area contributed by atoms with Gasteiger partial charge >= 0.3 is 0 Å². The lowest BCUT2D eigenvalue weighted by molar-refractivity contribution is 0.631. The summed E-state index contributed by atoms with van der Waals surface area (Å²) in [4.78, 5) is 4.57. The molecule has 3 atom stereocenters. The molecule has 4 heteroatoms. The van der Waals surface area contributed by atoms with Crippen molar-refractivity contribution in [3.8, 4) is 0 Å². The van der Waals surface area contributed by atoms with E-state index in [2.05, 4.69) is 54.0 Å². The molecule has 1 fully saturated rings. The Morgan fingerprint density at radius 2 is 2.05 bits per heavy atom. The van der Waals surface area contributed by atoms with Gasteiger partial charge in [0.15, 0.2) is 0 Å². The lowest BCUT2D eigenvalue weighted by Gasteiger charge is -2.34. The maximum atomic E-state index is 6.60.